The minimum absolute atomic E-state index is 0.201. The molecule has 1 aromatic rings. The zero-order chi connectivity index (χ0) is 11.8. The van der Waals surface area contributed by atoms with E-state index in [2.05, 4.69) is 13.8 Å². The van der Waals surface area contributed by atoms with E-state index >= 15 is 0 Å². The first-order valence-corrected chi connectivity index (χ1v) is 6.12. The molecule has 0 radical (unpaired) electrons. The molecule has 1 unspecified atom stereocenters. The summed E-state index contributed by atoms with van der Waals surface area (Å²) < 4.78 is 5.79. The highest BCUT2D eigenvalue weighted by Gasteiger charge is 2.03. The van der Waals surface area contributed by atoms with Crippen molar-refractivity contribution in [1.82, 2.24) is 0 Å². The average Bonchev–Trinajstić information content (AvgIpc) is 2.29. The molecule has 0 fully saturated rings. The summed E-state index contributed by atoms with van der Waals surface area (Å²) in [6, 6.07) is 7.98. The predicted octanol–water partition coefficient (Wildman–Crippen LogP) is 3.18. The van der Waals surface area contributed by atoms with E-state index in [9.17, 15) is 0 Å². The predicted molar refractivity (Wildman–Crippen MR) is 66.8 cm³/mol. The second kappa shape index (κ2) is 7.29. The molecule has 0 amide bonds. The molecule has 0 bridgehead atoms. The quantitative estimate of drug-likeness (QED) is 0.767. The number of aliphatic hydroxyl groups excluding tert-OH is 1. The van der Waals surface area contributed by atoms with Crippen LogP contribution < -0.4 is 4.74 Å². The molecule has 1 rings (SSSR count). The van der Waals surface area contributed by atoms with E-state index in [-0.39, 0.29) is 12.7 Å². The number of ether oxygens (including phenoxy) is 1. The number of hydrogen-bond donors (Lipinski definition) is 1. The second-order valence-electron chi connectivity index (χ2n) is 4.19. The van der Waals surface area contributed by atoms with Gasteiger partial charge in [-0.15, -0.1) is 0 Å². The van der Waals surface area contributed by atoms with Gasteiger partial charge in [0.1, 0.15) is 5.75 Å². The Hall–Kier alpha value is -1.02. The van der Waals surface area contributed by atoms with Crippen LogP contribution >= 0.6 is 0 Å². The molecule has 0 aliphatic rings. The van der Waals surface area contributed by atoms with Crippen LogP contribution in [-0.4, -0.2) is 17.8 Å². The molecule has 16 heavy (non-hydrogen) atoms. The zero-order valence-corrected chi connectivity index (χ0v) is 10.3. The Morgan fingerprint density at radius 2 is 1.94 bits per heavy atom. The Morgan fingerprint density at radius 3 is 2.50 bits per heavy atom. The fourth-order valence-corrected chi connectivity index (χ4v) is 1.65. The average molecular weight is 222 g/mol. The third-order valence-corrected chi connectivity index (χ3v) is 2.63. The second-order valence-corrected chi connectivity index (χ2v) is 4.19. The molecule has 1 atom stereocenters. The molecular weight excluding hydrogens is 200 g/mol. The van der Waals surface area contributed by atoms with Crippen molar-refractivity contribution in [3.05, 3.63) is 29.8 Å². The Kier molecular flexibility index (Phi) is 5.94. The summed E-state index contributed by atoms with van der Waals surface area (Å²) >= 11 is 0. The van der Waals surface area contributed by atoms with Crippen LogP contribution in [0.4, 0.5) is 0 Å². The summed E-state index contributed by atoms with van der Waals surface area (Å²) in [4.78, 5) is 0. The van der Waals surface area contributed by atoms with Gasteiger partial charge in [0.15, 0.2) is 0 Å². The van der Waals surface area contributed by atoms with Crippen LogP contribution in [0.5, 0.6) is 5.75 Å². The molecule has 0 aromatic heterocycles. The largest absolute Gasteiger partial charge is 0.491 e. The van der Waals surface area contributed by atoms with Crippen molar-refractivity contribution in [3.8, 4) is 5.75 Å². The van der Waals surface area contributed by atoms with Gasteiger partial charge < -0.3 is 9.84 Å². The van der Waals surface area contributed by atoms with Crippen LogP contribution in [0.15, 0.2) is 24.3 Å². The Bertz CT molecular complexity index is 279. The van der Waals surface area contributed by atoms with E-state index in [1.807, 2.05) is 24.3 Å². The van der Waals surface area contributed by atoms with Gasteiger partial charge in [0.2, 0.25) is 0 Å². The van der Waals surface area contributed by atoms with Crippen LogP contribution in [-0.2, 0) is 6.42 Å². The lowest BCUT2D eigenvalue weighted by atomic mass is 10.1. The van der Waals surface area contributed by atoms with Crippen LogP contribution in [0.25, 0.3) is 0 Å². The van der Waals surface area contributed by atoms with Gasteiger partial charge in [0.05, 0.1) is 6.10 Å². The molecule has 0 aliphatic heterocycles. The van der Waals surface area contributed by atoms with Gasteiger partial charge in [-0.05, 0) is 37.5 Å². The first kappa shape index (κ1) is 13.0. The minimum Gasteiger partial charge on any atom is -0.491 e. The van der Waals surface area contributed by atoms with Gasteiger partial charge >= 0.3 is 0 Å². The Morgan fingerprint density at radius 1 is 1.25 bits per heavy atom. The third-order valence-electron chi connectivity index (χ3n) is 2.63. The minimum atomic E-state index is 0.201. The molecule has 0 heterocycles. The number of benzene rings is 1. The van der Waals surface area contributed by atoms with Crippen molar-refractivity contribution in [2.75, 3.05) is 6.61 Å². The lowest BCUT2D eigenvalue weighted by molar-refractivity contribution is 0.207. The van der Waals surface area contributed by atoms with Gasteiger partial charge in [-0.3, -0.25) is 0 Å². The van der Waals surface area contributed by atoms with E-state index in [0.717, 1.165) is 17.7 Å². The topological polar surface area (TPSA) is 29.5 Å². The van der Waals surface area contributed by atoms with Crippen LogP contribution in [0.1, 0.15) is 38.7 Å². The molecule has 2 nitrogen and oxygen atoms in total. The molecule has 2 heteroatoms. The van der Waals surface area contributed by atoms with E-state index in [1.165, 1.54) is 12.8 Å². The van der Waals surface area contributed by atoms with Crippen molar-refractivity contribution in [1.29, 1.82) is 0 Å². The molecule has 90 valence electrons. The number of unbranched alkanes of at least 4 members (excludes halogenated alkanes) is 1. The highest BCUT2D eigenvalue weighted by molar-refractivity contribution is 5.27. The zero-order valence-electron chi connectivity index (χ0n) is 10.3. The van der Waals surface area contributed by atoms with Crippen molar-refractivity contribution in [2.24, 2.45) is 0 Å². The maximum Gasteiger partial charge on any atom is 0.119 e. The van der Waals surface area contributed by atoms with Gasteiger partial charge in [0.25, 0.3) is 0 Å². The lowest BCUT2D eigenvalue weighted by Gasteiger charge is -2.14. The SMILES string of the molecule is CCCCC(C)Oc1ccc(CCO)cc1. The van der Waals surface area contributed by atoms with Crippen molar-refractivity contribution in [3.63, 3.8) is 0 Å². The van der Waals surface area contributed by atoms with Gasteiger partial charge in [-0.25, -0.2) is 0 Å². The van der Waals surface area contributed by atoms with Crippen molar-refractivity contribution >= 4 is 0 Å². The summed E-state index contributed by atoms with van der Waals surface area (Å²) in [5.74, 6) is 0.922. The maximum atomic E-state index is 8.80. The fourth-order valence-electron chi connectivity index (χ4n) is 1.65. The fraction of sp³-hybridized carbons (Fsp3) is 0.571. The normalized spacial score (nSPS) is 12.4. The first-order valence-electron chi connectivity index (χ1n) is 6.12. The van der Waals surface area contributed by atoms with E-state index in [0.29, 0.717) is 6.42 Å². The molecule has 0 saturated heterocycles. The van der Waals surface area contributed by atoms with Gasteiger partial charge in [-0.1, -0.05) is 31.9 Å². The van der Waals surface area contributed by atoms with E-state index in [4.69, 9.17) is 9.84 Å². The molecular formula is C14H22O2. The van der Waals surface area contributed by atoms with E-state index in [1.54, 1.807) is 0 Å². The summed E-state index contributed by atoms with van der Waals surface area (Å²) in [5.41, 5.74) is 1.15. The van der Waals surface area contributed by atoms with Crippen LogP contribution in [0.2, 0.25) is 0 Å². The molecule has 1 N–H and O–H groups in total. The molecule has 0 aliphatic carbocycles. The van der Waals surface area contributed by atoms with Gasteiger partial charge in [0, 0.05) is 6.61 Å². The Balaban J connectivity index is 2.41. The van der Waals surface area contributed by atoms with Crippen molar-refractivity contribution < 1.29 is 9.84 Å². The van der Waals surface area contributed by atoms with Crippen LogP contribution in [0, 0.1) is 0 Å². The summed E-state index contributed by atoms with van der Waals surface area (Å²) in [6.07, 6.45) is 4.52. The summed E-state index contributed by atoms with van der Waals surface area (Å²) in [7, 11) is 0. The third kappa shape index (κ3) is 4.67. The van der Waals surface area contributed by atoms with Gasteiger partial charge in [-0.2, -0.15) is 0 Å². The lowest BCUT2D eigenvalue weighted by Crippen LogP contribution is -2.11. The van der Waals surface area contributed by atoms with Crippen molar-refractivity contribution in [2.45, 2.75) is 45.6 Å². The maximum absolute atomic E-state index is 8.80. The smallest absolute Gasteiger partial charge is 0.119 e. The van der Waals surface area contributed by atoms with Crippen LogP contribution in [0.3, 0.4) is 0 Å². The van der Waals surface area contributed by atoms with E-state index < -0.39 is 0 Å². The molecule has 1 aromatic carbocycles. The number of rotatable bonds is 7. The highest BCUT2D eigenvalue weighted by atomic mass is 16.5. The standard InChI is InChI=1S/C14H22O2/c1-3-4-5-12(2)16-14-8-6-13(7-9-14)10-11-15/h6-9,12,15H,3-5,10-11H2,1-2H3. The first-order chi connectivity index (χ1) is 7.76. The number of aliphatic hydroxyl groups is 1. The molecule has 0 saturated carbocycles. The Labute approximate surface area is 98.3 Å². The summed E-state index contributed by atoms with van der Waals surface area (Å²) in [5, 5.41) is 8.80. The number of hydrogen-bond acceptors (Lipinski definition) is 2. The highest BCUT2D eigenvalue weighted by Crippen LogP contribution is 2.16. The summed E-state index contributed by atoms with van der Waals surface area (Å²) in [6.45, 7) is 4.50. The monoisotopic (exact) mass is 222 g/mol. The molecule has 0 spiro atoms.